The second-order valence-corrected chi connectivity index (χ2v) is 5.75. The Morgan fingerprint density at radius 3 is 2.32 bits per heavy atom. The van der Waals surface area contributed by atoms with E-state index in [1.54, 1.807) is 0 Å². The van der Waals surface area contributed by atoms with Gasteiger partial charge >= 0.3 is 0 Å². The molecule has 1 fully saturated rings. The van der Waals surface area contributed by atoms with Crippen LogP contribution in [0.2, 0.25) is 10.2 Å². The lowest BCUT2D eigenvalue weighted by molar-refractivity contribution is 0.695. The van der Waals surface area contributed by atoms with Gasteiger partial charge in [0.25, 0.3) is 0 Å². The lowest BCUT2D eigenvalue weighted by Gasteiger charge is -2.10. The highest BCUT2D eigenvalue weighted by Crippen LogP contribution is 2.34. The van der Waals surface area contributed by atoms with Crippen LogP contribution in [-0.4, -0.2) is 9.97 Å². The molecule has 1 saturated carbocycles. The standard InChI is InChI=1S/C15H14Cl2N2/c16-12-7-5-11(6-8-12)15-18-13(9-14(17)19-15)10-3-1-2-4-10/h5-10H,1-4H2. The molecule has 0 amide bonds. The first-order valence-electron chi connectivity index (χ1n) is 6.53. The van der Waals surface area contributed by atoms with Crippen LogP contribution in [0.4, 0.5) is 0 Å². The van der Waals surface area contributed by atoms with Crippen LogP contribution in [0.5, 0.6) is 0 Å². The molecular formula is C15H14Cl2N2. The Morgan fingerprint density at radius 2 is 1.63 bits per heavy atom. The molecule has 98 valence electrons. The predicted octanol–water partition coefficient (Wildman–Crippen LogP) is 5.11. The summed E-state index contributed by atoms with van der Waals surface area (Å²) in [5.74, 6) is 1.22. The lowest BCUT2D eigenvalue weighted by atomic mass is 10.0. The van der Waals surface area contributed by atoms with E-state index in [-0.39, 0.29) is 0 Å². The highest BCUT2D eigenvalue weighted by Gasteiger charge is 2.20. The third kappa shape index (κ3) is 2.90. The number of nitrogens with zero attached hydrogens (tertiary/aromatic N) is 2. The highest BCUT2D eigenvalue weighted by atomic mass is 35.5. The molecule has 2 nitrogen and oxygen atoms in total. The Balaban J connectivity index is 1.99. The number of halogens is 2. The van der Waals surface area contributed by atoms with Gasteiger partial charge in [0.05, 0.1) is 0 Å². The van der Waals surface area contributed by atoms with Crippen molar-refractivity contribution in [2.45, 2.75) is 31.6 Å². The third-order valence-electron chi connectivity index (χ3n) is 3.59. The summed E-state index contributed by atoms with van der Waals surface area (Å²) in [7, 11) is 0. The van der Waals surface area contributed by atoms with Crippen molar-refractivity contribution in [3.05, 3.63) is 46.2 Å². The van der Waals surface area contributed by atoms with Gasteiger partial charge in [0.1, 0.15) is 5.15 Å². The van der Waals surface area contributed by atoms with E-state index in [1.807, 2.05) is 30.3 Å². The zero-order chi connectivity index (χ0) is 13.2. The average Bonchev–Trinajstić information content (AvgIpc) is 2.93. The van der Waals surface area contributed by atoms with Crippen molar-refractivity contribution in [2.24, 2.45) is 0 Å². The quantitative estimate of drug-likeness (QED) is 0.719. The Hall–Kier alpha value is -1.12. The predicted molar refractivity (Wildman–Crippen MR) is 78.7 cm³/mol. The number of hydrogen-bond donors (Lipinski definition) is 0. The fourth-order valence-electron chi connectivity index (χ4n) is 2.59. The van der Waals surface area contributed by atoms with Gasteiger partial charge in [-0.15, -0.1) is 0 Å². The van der Waals surface area contributed by atoms with Crippen molar-refractivity contribution >= 4 is 23.2 Å². The van der Waals surface area contributed by atoms with E-state index in [2.05, 4.69) is 9.97 Å². The second-order valence-electron chi connectivity index (χ2n) is 4.93. The van der Waals surface area contributed by atoms with Crippen molar-refractivity contribution in [3.63, 3.8) is 0 Å². The SMILES string of the molecule is Clc1ccc(-c2nc(Cl)cc(C3CCCC3)n2)cc1. The molecule has 1 aromatic carbocycles. The number of hydrogen-bond acceptors (Lipinski definition) is 2. The first-order chi connectivity index (χ1) is 9.22. The monoisotopic (exact) mass is 292 g/mol. The molecule has 4 heteroatoms. The minimum absolute atomic E-state index is 0.516. The minimum Gasteiger partial charge on any atom is -0.233 e. The van der Waals surface area contributed by atoms with E-state index < -0.39 is 0 Å². The van der Waals surface area contributed by atoms with Crippen LogP contribution in [0.1, 0.15) is 37.3 Å². The molecule has 1 aromatic heterocycles. The maximum Gasteiger partial charge on any atom is 0.161 e. The summed E-state index contributed by atoms with van der Waals surface area (Å²) in [4.78, 5) is 8.99. The molecule has 0 radical (unpaired) electrons. The van der Waals surface area contributed by atoms with Crippen LogP contribution in [-0.2, 0) is 0 Å². The first kappa shape index (κ1) is 12.9. The Labute approximate surface area is 122 Å². The fraction of sp³-hybridized carbons (Fsp3) is 0.333. The van der Waals surface area contributed by atoms with Crippen LogP contribution in [0.15, 0.2) is 30.3 Å². The van der Waals surface area contributed by atoms with Gasteiger partial charge in [0.2, 0.25) is 0 Å². The van der Waals surface area contributed by atoms with Crippen LogP contribution in [0.3, 0.4) is 0 Å². The number of aromatic nitrogens is 2. The van der Waals surface area contributed by atoms with Crippen molar-refractivity contribution < 1.29 is 0 Å². The van der Waals surface area contributed by atoms with Crippen LogP contribution in [0.25, 0.3) is 11.4 Å². The van der Waals surface area contributed by atoms with E-state index in [0.717, 1.165) is 11.3 Å². The average molecular weight is 293 g/mol. The molecule has 0 atom stereocenters. The van der Waals surface area contributed by atoms with Crippen molar-refractivity contribution in [1.82, 2.24) is 9.97 Å². The van der Waals surface area contributed by atoms with Gasteiger partial charge < -0.3 is 0 Å². The zero-order valence-corrected chi connectivity index (χ0v) is 12.0. The molecular weight excluding hydrogens is 279 g/mol. The Bertz CT molecular complexity index is 575. The summed E-state index contributed by atoms with van der Waals surface area (Å²) in [6.07, 6.45) is 4.96. The van der Waals surface area contributed by atoms with Crippen LogP contribution >= 0.6 is 23.2 Å². The summed E-state index contributed by atoms with van der Waals surface area (Å²) in [6, 6.07) is 9.43. The van der Waals surface area contributed by atoms with E-state index in [1.165, 1.54) is 25.7 Å². The maximum absolute atomic E-state index is 6.13. The molecule has 0 N–H and O–H groups in total. The molecule has 0 bridgehead atoms. The molecule has 19 heavy (non-hydrogen) atoms. The number of rotatable bonds is 2. The van der Waals surface area contributed by atoms with Gasteiger partial charge in [-0.2, -0.15) is 0 Å². The highest BCUT2D eigenvalue weighted by molar-refractivity contribution is 6.30. The normalized spacial score (nSPS) is 15.9. The van der Waals surface area contributed by atoms with Crippen LogP contribution < -0.4 is 0 Å². The molecule has 1 heterocycles. The summed E-state index contributed by atoms with van der Waals surface area (Å²) < 4.78 is 0. The van der Waals surface area contributed by atoms with E-state index in [0.29, 0.717) is 21.9 Å². The summed E-state index contributed by atoms with van der Waals surface area (Å²) >= 11 is 12.0. The topological polar surface area (TPSA) is 25.8 Å². The van der Waals surface area contributed by atoms with Gasteiger partial charge in [-0.1, -0.05) is 36.0 Å². The van der Waals surface area contributed by atoms with Gasteiger partial charge in [-0.25, -0.2) is 9.97 Å². The zero-order valence-electron chi connectivity index (χ0n) is 10.4. The van der Waals surface area contributed by atoms with Gasteiger partial charge in [0, 0.05) is 22.2 Å². The minimum atomic E-state index is 0.516. The van der Waals surface area contributed by atoms with E-state index in [9.17, 15) is 0 Å². The molecule has 2 aromatic rings. The molecule has 0 aliphatic heterocycles. The third-order valence-corrected chi connectivity index (χ3v) is 4.04. The first-order valence-corrected chi connectivity index (χ1v) is 7.28. The Kier molecular flexibility index (Phi) is 3.72. The van der Waals surface area contributed by atoms with E-state index in [4.69, 9.17) is 23.2 Å². The fourth-order valence-corrected chi connectivity index (χ4v) is 2.91. The van der Waals surface area contributed by atoms with E-state index >= 15 is 0 Å². The number of benzene rings is 1. The van der Waals surface area contributed by atoms with Crippen molar-refractivity contribution in [1.29, 1.82) is 0 Å². The van der Waals surface area contributed by atoms with Crippen molar-refractivity contribution in [3.8, 4) is 11.4 Å². The molecule has 0 saturated heterocycles. The lowest BCUT2D eigenvalue weighted by Crippen LogP contribution is -2.00. The largest absolute Gasteiger partial charge is 0.233 e. The smallest absolute Gasteiger partial charge is 0.161 e. The summed E-state index contributed by atoms with van der Waals surface area (Å²) in [5, 5.41) is 1.23. The van der Waals surface area contributed by atoms with Crippen LogP contribution in [0, 0.1) is 0 Å². The summed E-state index contributed by atoms with van der Waals surface area (Å²) in [6.45, 7) is 0. The summed E-state index contributed by atoms with van der Waals surface area (Å²) in [5.41, 5.74) is 2.02. The maximum atomic E-state index is 6.13. The molecule has 0 spiro atoms. The molecule has 3 rings (SSSR count). The Morgan fingerprint density at radius 1 is 0.947 bits per heavy atom. The van der Waals surface area contributed by atoms with Crippen molar-refractivity contribution in [2.75, 3.05) is 0 Å². The molecule has 1 aliphatic carbocycles. The molecule has 0 unspecified atom stereocenters. The van der Waals surface area contributed by atoms with Gasteiger partial charge in [-0.05, 0) is 43.2 Å². The van der Waals surface area contributed by atoms with Gasteiger partial charge in [0.15, 0.2) is 5.82 Å². The second kappa shape index (κ2) is 5.48. The molecule has 1 aliphatic rings. The van der Waals surface area contributed by atoms with Gasteiger partial charge in [-0.3, -0.25) is 0 Å².